The molecule has 2 fully saturated rings. The summed E-state index contributed by atoms with van der Waals surface area (Å²) >= 11 is 6.19. The fourth-order valence-electron chi connectivity index (χ4n) is 6.19. The maximum absolute atomic E-state index is 14.1. The number of Topliss-reactive ketones (excluding diaryl/α,β-unsaturated/α-hetero) is 1. The molecule has 1 saturated carbocycles. The van der Waals surface area contributed by atoms with Crippen molar-refractivity contribution in [3.63, 3.8) is 0 Å². The van der Waals surface area contributed by atoms with Crippen LogP contribution in [0.15, 0.2) is 48.5 Å². The Kier molecular flexibility index (Phi) is 11.9. The third-order valence-electron chi connectivity index (χ3n) is 8.83. The van der Waals surface area contributed by atoms with Gasteiger partial charge in [-0.15, -0.1) is 11.6 Å². The largest absolute Gasteiger partial charge is 0.494 e. The number of ketones is 1. The highest BCUT2D eigenvalue weighted by atomic mass is 35.5. The van der Waals surface area contributed by atoms with Crippen molar-refractivity contribution >= 4 is 29.0 Å². The summed E-state index contributed by atoms with van der Waals surface area (Å²) in [5.74, 6) is 0.754. The molecule has 1 aliphatic carbocycles. The van der Waals surface area contributed by atoms with Crippen LogP contribution in [0, 0.1) is 5.92 Å². The van der Waals surface area contributed by atoms with Gasteiger partial charge in [-0.2, -0.15) is 0 Å². The third kappa shape index (κ3) is 9.05. The second-order valence-electron chi connectivity index (χ2n) is 13.2. The Balaban J connectivity index is 1.54. The topological polar surface area (TPSA) is 53.1 Å². The van der Waals surface area contributed by atoms with E-state index >= 15 is 0 Å². The number of anilines is 1. The molecule has 0 aromatic heterocycles. The SMILES string of the molecule is CN1CCN(CCCOc2ccc(C(C(=O)CC3CCCCC3)N(C(=O)CCl)c3cccc(C(C)(C)C)c3)cc2)CC1. The molecular weight excluding hydrogens is 546 g/mol. The van der Waals surface area contributed by atoms with Gasteiger partial charge < -0.3 is 14.5 Å². The van der Waals surface area contributed by atoms with Crippen LogP contribution < -0.4 is 9.64 Å². The second-order valence-corrected chi connectivity index (χ2v) is 13.5. The third-order valence-corrected chi connectivity index (χ3v) is 9.06. The summed E-state index contributed by atoms with van der Waals surface area (Å²) < 4.78 is 6.08. The standard InChI is InChI=1S/C35H50ClN3O3/c1-35(2,3)29-12-8-13-30(25-29)39(33(41)26-36)34(32(40)24-27-10-6-5-7-11-27)28-14-16-31(17-15-28)42-23-9-18-38-21-19-37(4)20-22-38/h8,12-17,25,27,34H,5-7,9-11,18-24,26H2,1-4H3. The molecule has 1 aliphatic heterocycles. The molecule has 1 atom stereocenters. The number of ether oxygens (including phenoxy) is 1. The van der Waals surface area contributed by atoms with Crippen LogP contribution >= 0.6 is 11.6 Å². The Labute approximate surface area is 258 Å². The summed E-state index contributed by atoms with van der Waals surface area (Å²) in [6.45, 7) is 12.6. The quantitative estimate of drug-likeness (QED) is 0.198. The number of benzene rings is 2. The normalized spacial score (nSPS) is 18.0. The van der Waals surface area contributed by atoms with Crippen molar-refractivity contribution < 1.29 is 14.3 Å². The van der Waals surface area contributed by atoms with Gasteiger partial charge in [0.1, 0.15) is 17.7 Å². The molecule has 1 unspecified atom stereocenters. The number of hydrogen-bond acceptors (Lipinski definition) is 5. The van der Waals surface area contributed by atoms with Crippen LogP contribution in [0.25, 0.3) is 0 Å². The predicted octanol–water partition coefficient (Wildman–Crippen LogP) is 6.85. The lowest BCUT2D eigenvalue weighted by Crippen LogP contribution is -2.44. The Hall–Kier alpha value is -2.41. The number of carbonyl (C=O) groups is 2. The van der Waals surface area contributed by atoms with E-state index in [1.807, 2.05) is 42.5 Å². The van der Waals surface area contributed by atoms with Gasteiger partial charge in [-0.05, 0) is 60.2 Å². The molecule has 230 valence electrons. The van der Waals surface area contributed by atoms with Gasteiger partial charge in [0.05, 0.1) is 6.61 Å². The summed E-state index contributed by atoms with van der Waals surface area (Å²) in [4.78, 5) is 34.1. The number of alkyl halides is 1. The second kappa shape index (κ2) is 15.4. The molecular formula is C35H50ClN3O3. The maximum Gasteiger partial charge on any atom is 0.242 e. The average molecular weight is 596 g/mol. The van der Waals surface area contributed by atoms with E-state index in [0.717, 1.165) is 68.9 Å². The van der Waals surface area contributed by atoms with Crippen LogP contribution in [0.5, 0.6) is 5.75 Å². The highest BCUT2D eigenvalue weighted by molar-refractivity contribution is 6.30. The summed E-state index contributed by atoms with van der Waals surface area (Å²) in [6.07, 6.45) is 7.16. The van der Waals surface area contributed by atoms with E-state index in [-0.39, 0.29) is 23.0 Å². The van der Waals surface area contributed by atoms with E-state index in [4.69, 9.17) is 16.3 Å². The van der Waals surface area contributed by atoms with Crippen molar-refractivity contribution in [2.75, 3.05) is 57.2 Å². The number of nitrogens with zero attached hydrogens (tertiary/aromatic N) is 3. The molecule has 1 amide bonds. The van der Waals surface area contributed by atoms with Gasteiger partial charge >= 0.3 is 0 Å². The molecule has 0 spiro atoms. The first-order chi connectivity index (χ1) is 20.2. The zero-order valence-electron chi connectivity index (χ0n) is 26.1. The van der Waals surface area contributed by atoms with Crippen LogP contribution in [0.2, 0.25) is 0 Å². The molecule has 0 N–H and O–H groups in total. The number of hydrogen-bond donors (Lipinski definition) is 0. The summed E-state index contributed by atoms with van der Waals surface area (Å²) in [7, 11) is 2.17. The number of amides is 1. The van der Waals surface area contributed by atoms with E-state index < -0.39 is 6.04 Å². The molecule has 6 nitrogen and oxygen atoms in total. The zero-order valence-corrected chi connectivity index (χ0v) is 26.9. The lowest BCUT2D eigenvalue weighted by Gasteiger charge is -2.33. The Morgan fingerprint density at radius 2 is 1.69 bits per heavy atom. The molecule has 42 heavy (non-hydrogen) atoms. The monoisotopic (exact) mass is 595 g/mol. The van der Waals surface area contributed by atoms with E-state index in [1.165, 1.54) is 19.3 Å². The number of piperazine rings is 1. The first-order valence-electron chi connectivity index (χ1n) is 15.8. The van der Waals surface area contributed by atoms with E-state index in [9.17, 15) is 9.59 Å². The lowest BCUT2D eigenvalue weighted by atomic mass is 9.83. The first kappa shape index (κ1) is 32.5. The van der Waals surface area contributed by atoms with E-state index in [2.05, 4.69) is 43.7 Å². The Morgan fingerprint density at radius 1 is 1.00 bits per heavy atom. The van der Waals surface area contributed by atoms with Crippen LogP contribution in [0.1, 0.15) is 82.9 Å². The predicted molar refractivity (Wildman–Crippen MR) is 173 cm³/mol. The van der Waals surface area contributed by atoms with Crippen LogP contribution in [-0.2, 0) is 15.0 Å². The number of carbonyl (C=O) groups excluding carboxylic acids is 2. The van der Waals surface area contributed by atoms with E-state index in [0.29, 0.717) is 24.6 Å². The van der Waals surface area contributed by atoms with Gasteiger partial charge in [-0.25, -0.2) is 0 Å². The van der Waals surface area contributed by atoms with Gasteiger partial charge in [0.2, 0.25) is 5.91 Å². The van der Waals surface area contributed by atoms with Crippen LogP contribution in [0.3, 0.4) is 0 Å². The molecule has 2 aromatic rings. The lowest BCUT2D eigenvalue weighted by molar-refractivity contribution is -0.125. The Morgan fingerprint density at radius 3 is 2.33 bits per heavy atom. The zero-order chi connectivity index (χ0) is 30.1. The minimum Gasteiger partial charge on any atom is -0.494 e. The minimum atomic E-state index is -0.736. The number of rotatable bonds is 12. The van der Waals surface area contributed by atoms with Crippen molar-refractivity contribution in [2.45, 2.75) is 77.2 Å². The van der Waals surface area contributed by atoms with Crippen LogP contribution in [0.4, 0.5) is 5.69 Å². The molecule has 2 aromatic carbocycles. The molecule has 0 radical (unpaired) electrons. The molecule has 2 aliphatic rings. The van der Waals surface area contributed by atoms with Gasteiger partial charge in [-0.3, -0.25) is 14.5 Å². The minimum absolute atomic E-state index is 0.0716. The van der Waals surface area contributed by atoms with Crippen molar-refractivity contribution in [3.8, 4) is 5.75 Å². The summed E-state index contributed by atoms with van der Waals surface area (Å²) in [5, 5.41) is 0. The van der Waals surface area contributed by atoms with Gasteiger partial charge in [-0.1, -0.05) is 77.1 Å². The van der Waals surface area contributed by atoms with Crippen molar-refractivity contribution in [1.29, 1.82) is 0 Å². The molecule has 1 saturated heterocycles. The fourth-order valence-corrected chi connectivity index (χ4v) is 6.31. The molecule has 7 heteroatoms. The van der Waals surface area contributed by atoms with Gasteiger partial charge in [0, 0.05) is 44.8 Å². The highest BCUT2D eigenvalue weighted by Crippen LogP contribution is 2.36. The highest BCUT2D eigenvalue weighted by Gasteiger charge is 2.34. The van der Waals surface area contributed by atoms with E-state index in [1.54, 1.807) is 4.90 Å². The van der Waals surface area contributed by atoms with Crippen molar-refractivity contribution in [2.24, 2.45) is 5.92 Å². The summed E-state index contributed by atoms with van der Waals surface area (Å²) in [6, 6.07) is 15.0. The number of halogens is 1. The smallest absolute Gasteiger partial charge is 0.242 e. The molecule has 4 rings (SSSR count). The van der Waals surface area contributed by atoms with Crippen molar-refractivity contribution in [1.82, 2.24) is 9.80 Å². The number of likely N-dealkylation sites (N-methyl/N-ethyl adjacent to an activating group) is 1. The van der Waals surface area contributed by atoms with Crippen molar-refractivity contribution in [3.05, 3.63) is 59.7 Å². The first-order valence-corrected chi connectivity index (χ1v) is 16.3. The van der Waals surface area contributed by atoms with Gasteiger partial charge in [0.25, 0.3) is 0 Å². The maximum atomic E-state index is 14.1. The Bertz CT molecular complexity index is 1150. The molecule has 0 bridgehead atoms. The molecule has 1 heterocycles. The average Bonchev–Trinajstić information content (AvgIpc) is 2.99. The van der Waals surface area contributed by atoms with Gasteiger partial charge in [0.15, 0.2) is 5.78 Å². The fraction of sp³-hybridized carbons (Fsp3) is 0.600. The van der Waals surface area contributed by atoms with Crippen LogP contribution in [-0.4, -0.2) is 73.7 Å². The summed E-state index contributed by atoms with van der Waals surface area (Å²) in [5.41, 5.74) is 2.50.